The van der Waals surface area contributed by atoms with Crippen molar-refractivity contribution in [1.82, 2.24) is 0 Å². The number of carbonyl (C=O) groups is 1. The molecule has 0 unspecified atom stereocenters. The van der Waals surface area contributed by atoms with Gasteiger partial charge in [0.2, 0.25) is 0 Å². The monoisotopic (exact) mass is 256 g/mol. The molecule has 0 amide bonds. The van der Waals surface area contributed by atoms with Gasteiger partial charge in [0.05, 0.1) is 5.41 Å². The topological polar surface area (TPSA) is 26.3 Å². The highest BCUT2D eigenvalue weighted by molar-refractivity contribution is 6.11. The number of rotatable bonds is 0. The largest absolute Gasteiger partial charge is 0.487 e. The summed E-state index contributed by atoms with van der Waals surface area (Å²) >= 11 is 0. The van der Waals surface area contributed by atoms with Crippen molar-refractivity contribution in [2.24, 2.45) is 0 Å². The smallest absolute Gasteiger partial charge is 0.172 e. The number of fused-ring (bicyclic) bond motifs is 2. The van der Waals surface area contributed by atoms with Crippen LogP contribution >= 0.6 is 0 Å². The van der Waals surface area contributed by atoms with Crippen molar-refractivity contribution in [1.29, 1.82) is 0 Å². The first kappa shape index (κ1) is 12.5. The van der Waals surface area contributed by atoms with Crippen LogP contribution < -0.4 is 0 Å². The predicted molar refractivity (Wildman–Crippen MR) is 75.8 cm³/mol. The molecule has 2 heteroatoms. The van der Waals surface area contributed by atoms with Gasteiger partial charge in [-0.15, -0.1) is 0 Å². The fourth-order valence-electron chi connectivity index (χ4n) is 3.09. The van der Waals surface area contributed by atoms with Crippen LogP contribution in [-0.4, -0.2) is 11.4 Å². The zero-order valence-electron chi connectivity index (χ0n) is 12.0. The summed E-state index contributed by atoms with van der Waals surface area (Å²) in [5.41, 5.74) is 2.42. The molecule has 1 aromatic rings. The van der Waals surface area contributed by atoms with Crippen LogP contribution in [0.25, 0.3) is 5.76 Å². The third-order valence-corrected chi connectivity index (χ3v) is 4.32. The number of Topliss-reactive ketones (excluding diaryl/α,β-unsaturated/α-hetero) is 1. The van der Waals surface area contributed by atoms with E-state index in [-0.39, 0.29) is 11.4 Å². The van der Waals surface area contributed by atoms with Crippen molar-refractivity contribution in [2.75, 3.05) is 0 Å². The molecule has 1 aromatic carbocycles. The molecule has 0 fully saturated rings. The van der Waals surface area contributed by atoms with Crippen LogP contribution in [0.15, 0.2) is 29.8 Å². The Kier molecular flexibility index (Phi) is 2.44. The molecule has 0 saturated carbocycles. The number of carbonyl (C=O) groups excluding carboxylic acids is 1. The Morgan fingerprint density at radius 1 is 1.11 bits per heavy atom. The van der Waals surface area contributed by atoms with Gasteiger partial charge in [-0.3, -0.25) is 4.79 Å². The second-order valence-electron chi connectivity index (χ2n) is 6.67. The molecule has 3 rings (SSSR count). The summed E-state index contributed by atoms with van der Waals surface area (Å²) in [5, 5.41) is 0. The summed E-state index contributed by atoms with van der Waals surface area (Å²) in [6.07, 6.45) is 1.72. The first-order chi connectivity index (χ1) is 8.83. The van der Waals surface area contributed by atoms with Crippen LogP contribution in [-0.2, 0) is 14.9 Å². The van der Waals surface area contributed by atoms with Gasteiger partial charge in [0.1, 0.15) is 11.4 Å². The van der Waals surface area contributed by atoms with Gasteiger partial charge in [-0.2, -0.15) is 0 Å². The molecule has 0 saturated heterocycles. The molecule has 0 aromatic heterocycles. The van der Waals surface area contributed by atoms with Gasteiger partial charge >= 0.3 is 0 Å². The van der Waals surface area contributed by atoms with E-state index < -0.39 is 5.41 Å². The normalized spacial score (nSPS) is 23.5. The number of ketones is 1. The molecule has 0 N–H and O–H groups in total. The van der Waals surface area contributed by atoms with E-state index in [2.05, 4.69) is 19.9 Å². The number of benzene rings is 1. The van der Waals surface area contributed by atoms with Gasteiger partial charge in [-0.25, -0.2) is 0 Å². The average Bonchev–Trinajstić information content (AvgIpc) is 2.36. The minimum Gasteiger partial charge on any atom is -0.487 e. The average molecular weight is 256 g/mol. The molecule has 1 aliphatic heterocycles. The Balaban J connectivity index is 2.25. The van der Waals surface area contributed by atoms with Gasteiger partial charge in [-0.05, 0) is 46.1 Å². The van der Waals surface area contributed by atoms with Gasteiger partial charge < -0.3 is 4.74 Å². The maximum atomic E-state index is 12.7. The van der Waals surface area contributed by atoms with Crippen LogP contribution in [0, 0.1) is 0 Å². The summed E-state index contributed by atoms with van der Waals surface area (Å²) in [6.45, 7) is 8.20. The van der Waals surface area contributed by atoms with Gasteiger partial charge in [0.15, 0.2) is 5.78 Å². The Hall–Kier alpha value is -1.57. The zero-order valence-corrected chi connectivity index (χ0v) is 12.0. The molecule has 1 heterocycles. The lowest BCUT2D eigenvalue weighted by Crippen LogP contribution is -2.40. The third-order valence-electron chi connectivity index (χ3n) is 4.32. The quantitative estimate of drug-likeness (QED) is 0.705. The number of allylic oxidation sites excluding steroid dienone is 1. The van der Waals surface area contributed by atoms with Crippen LogP contribution in [0.5, 0.6) is 0 Å². The zero-order chi connectivity index (χ0) is 13.8. The van der Waals surface area contributed by atoms with E-state index in [9.17, 15) is 4.79 Å². The molecule has 2 aliphatic rings. The molecule has 0 atom stereocenters. The van der Waals surface area contributed by atoms with E-state index in [0.717, 1.165) is 35.3 Å². The lowest BCUT2D eigenvalue weighted by molar-refractivity contribution is -0.120. The molecule has 0 radical (unpaired) electrons. The Morgan fingerprint density at radius 3 is 2.53 bits per heavy atom. The van der Waals surface area contributed by atoms with Crippen LogP contribution in [0.3, 0.4) is 0 Å². The molecule has 2 nitrogen and oxygen atoms in total. The molecule has 0 spiro atoms. The molecular formula is C17H20O2. The molecule has 100 valence electrons. The summed E-state index contributed by atoms with van der Waals surface area (Å²) in [7, 11) is 0. The van der Waals surface area contributed by atoms with Crippen molar-refractivity contribution in [3.05, 3.63) is 41.0 Å². The molecule has 19 heavy (non-hydrogen) atoms. The number of ether oxygens (including phenoxy) is 1. The van der Waals surface area contributed by atoms with E-state index in [1.54, 1.807) is 0 Å². The lowest BCUT2D eigenvalue weighted by Gasteiger charge is -2.41. The second kappa shape index (κ2) is 3.72. The minimum absolute atomic E-state index is 0.187. The standard InChI is InChI=1S/C17H20O2/c1-16(2)10-9-12-14(19-16)11-7-5-6-8-13(11)17(3,4)15(12)18/h5-8H,9-10H2,1-4H3. The van der Waals surface area contributed by atoms with E-state index in [1.165, 1.54) is 0 Å². The van der Waals surface area contributed by atoms with Gasteiger partial charge in [0, 0.05) is 11.1 Å². The molecule has 0 bridgehead atoms. The SMILES string of the molecule is CC1(C)CCC2=C(O1)c1ccccc1C(C)(C)C2=O. The number of hydrogen-bond donors (Lipinski definition) is 0. The van der Waals surface area contributed by atoms with E-state index in [0.29, 0.717) is 0 Å². The first-order valence-corrected chi connectivity index (χ1v) is 6.90. The van der Waals surface area contributed by atoms with Crippen molar-refractivity contribution >= 4 is 11.5 Å². The predicted octanol–water partition coefficient (Wildman–Crippen LogP) is 3.85. The summed E-state index contributed by atoms with van der Waals surface area (Å²) in [5.74, 6) is 1.04. The summed E-state index contributed by atoms with van der Waals surface area (Å²) in [4.78, 5) is 12.7. The Bertz CT molecular complexity index is 591. The Labute approximate surface area is 114 Å². The maximum absolute atomic E-state index is 12.7. The maximum Gasteiger partial charge on any atom is 0.172 e. The fraction of sp³-hybridized carbons (Fsp3) is 0.471. The van der Waals surface area contributed by atoms with Crippen LogP contribution in [0.4, 0.5) is 0 Å². The molecular weight excluding hydrogens is 236 g/mol. The van der Waals surface area contributed by atoms with Crippen molar-refractivity contribution in [3.63, 3.8) is 0 Å². The van der Waals surface area contributed by atoms with Crippen molar-refractivity contribution in [3.8, 4) is 0 Å². The van der Waals surface area contributed by atoms with E-state index in [4.69, 9.17) is 4.74 Å². The summed E-state index contributed by atoms with van der Waals surface area (Å²) < 4.78 is 6.13. The van der Waals surface area contributed by atoms with E-state index >= 15 is 0 Å². The third kappa shape index (κ3) is 1.73. The van der Waals surface area contributed by atoms with Crippen LogP contribution in [0.2, 0.25) is 0 Å². The van der Waals surface area contributed by atoms with Crippen molar-refractivity contribution in [2.45, 2.75) is 51.6 Å². The highest BCUT2D eigenvalue weighted by atomic mass is 16.5. The highest BCUT2D eigenvalue weighted by Crippen LogP contribution is 2.46. The lowest BCUT2D eigenvalue weighted by atomic mass is 9.69. The first-order valence-electron chi connectivity index (χ1n) is 6.90. The second-order valence-corrected chi connectivity index (χ2v) is 6.67. The minimum atomic E-state index is -0.444. The summed E-state index contributed by atoms with van der Waals surface area (Å²) in [6, 6.07) is 8.12. The van der Waals surface area contributed by atoms with Gasteiger partial charge in [-0.1, -0.05) is 24.3 Å². The van der Waals surface area contributed by atoms with Gasteiger partial charge in [0.25, 0.3) is 0 Å². The van der Waals surface area contributed by atoms with Crippen molar-refractivity contribution < 1.29 is 9.53 Å². The van der Waals surface area contributed by atoms with Crippen LogP contribution in [0.1, 0.15) is 51.7 Å². The molecule has 1 aliphatic carbocycles. The fourth-order valence-corrected chi connectivity index (χ4v) is 3.09. The number of hydrogen-bond acceptors (Lipinski definition) is 2. The highest BCUT2D eigenvalue weighted by Gasteiger charge is 2.44. The van der Waals surface area contributed by atoms with E-state index in [1.807, 2.05) is 32.0 Å². The Morgan fingerprint density at radius 2 is 1.79 bits per heavy atom.